The summed E-state index contributed by atoms with van der Waals surface area (Å²) in [5, 5.41) is 6.44. The Morgan fingerprint density at radius 2 is 1.20 bits per heavy atom. The molecule has 0 saturated carbocycles. The number of pyridine rings is 2. The van der Waals surface area contributed by atoms with Gasteiger partial charge < -0.3 is 9.97 Å². The van der Waals surface area contributed by atoms with E-state index >= 15 is 0 Å². The maximum Gasteiger partial charge on any atom is 0.0166 e. The third-order valence-corrected chi connectivity index (χ3v) is 9.04. The zero-order valence-corrected chi connectivity index (χ0v) is 28.0. The van der Waals surface area contributed by atoms with Gasteiger partial charge in [0, 0.05) is 32.5 Å². The zero-order valence-electron chi connectivity index (χ0n) is 25.6. The van der Waals surface area contributed by atoms with Gasteiger partial charge in [0.25, 0.3) is 0 Å². The monoisotopic (exact) mass is 767 g/mol. The minimum absolute atomic E-state index is 0. The van der Waals surface area contributed by atoms with Gasteiger partial charge in [-0.05, 0) is 67.2 Å². The van der Waals surface area contributed by atoms with Gasteiger partial charge in [-0.3, -0.25) is 0 Å². The smallest absolute Gasteiger partial charge is 0.0166 e. The molecule has 0 atom stereocenters. The van der Waals surface area contributed by atoms with Crippen LogP contribution in [0.4, 0.5) is 0 Å². The van der Waals surface area contributed by atoms with Crippen LogP contribution in [0, 0.1) is 12.1 Å². The Hall–Kier alpha value is -4.95. The van der Waals surface area contributed by atoms with Crippen LogP contribution in [-0.2, 0) is 25.5 Å². The molecule has 223 valence electrons. The molecular weight excluding hydrogens is 737 g/mol. The summed E-state index contributed by atoms with van der Waals surface area (Å²) in [6, 6.07) is 53.0. The van der Waals surface area contributed by atoms with E-state index < -0.39 is 0 Å². The summed E-state index contributed by atoms with van der Waals surface area (Å²) in [5.41, 5.74) is 10.6. The van der Waals surface area contributed by atoms with Crippen molar-refractivity contribution in [2.45, 2.75) is 19.3 Å². The summed E-state index contributed by atoms with van der Waals surface area (Å²) in [5.74, 6) is 0. The Balaban J connectivity index is 0.000000145. The Bertz CT molecular complexity index is 2180. The fourth-order valence-corrected chi connectivity index (χ4v) is 6.81. The third kappa shape index (κ3) is 5.03. The normalized spacial score (nSPS) is 12.6. The molecule has 6 aromatic carbocycles. The number of nitrogens with zero attached hydrogens (tertiary/aromatic N) is 2. The van der Waals surface area contributed by atoms with E-state index in [1.165, 1.54) is 54.9 Å². The maximum atomic E-state index is 4.64. The molecule has 0 fully saturated rings. The summed E-state index contributed by atoms with van der Waals surface area (Å²) in [4.78, 5) is 9.18. The standard InChI is InChI=1S/C23H16N.C20H14N.Ir/c1-3-8-18(9-4-1)20-12-7-13-22(16-20)23-17-21(14-15-24-23)19-10-5-2-6-11-19;1-20(2)15-9-3-6-12-13-8-5-11-21-19(13)14-7-4-10-16(20)18(14)17(12)15;/h1-12,14-17H;3-6,8-11H,1-2H3;/q2*-1;. The molecule has 0 amide bonds. The van der Waals surface area contributed by atoms with E-state index in [0.717, 1.165) is 22.2 Å². The second-order valence-electron chi connectivity index (χ2n) is 12.0. The third-order valence-electron chi connectivity index (χ3n) is 9.04. The van der Waals surface area contributed by atoms with Crippen LogP contribution in [0.2, 0.25) is 0 Å². The topological polar surface area (TPSA) is 25.8 Å². The van der Waals surface area contributed by atoms with Gasteiger partial charge in [-0.25, -0.2) is 0 Å². The molecule has 8 aromatic rings. The van der Waals surface area contributed by atoms with E-state index in [2.05, 4.69) is 133 Å². The van der Waals surface area contributed by atoms with Gasteiger partial charge in [0.05, 0.1) is 0 Å². The first-order valence-corrected chi connectivity index (χ1v) is 15.3. The van der Waals surface area contributed by atoms with E-state index in [1.54, 1.807) is 0 Å². The first-order valence-electron chi connectivity index (χ1n) is 15.3. The van der Waals surface area contributed by atoms with E-state index in [-0.39, 0.29) is 25.5 Å². The van der Waals surface area contributed by atoms with Crippen molar-refractivity contribution in [1.29, 1.82) is 0 Å². The molecule has 0 unspecified atom stereocenters. The van der Waals surface area contributed by atoms with Crippen LogP contribution >= 0.6 is 0 Å². The van der Waals surface area contributed by atoms with Crippen LogP contribution < -0.4 is 0 Å². The Kier molecular flexibility index (Phi) is 7.82. The van der Waals surface area contributed by atoms with Crippen molar-refractivity contribution in [3.8, 4) is 33.5 Å². The minimum atomic E-state index is 0. The van der Waals surface area contributed by atoms with Crippen molar-refractivity contribution in [3.63, 3.8) is 0 Å². The SMILES string of the molecule is CC1(C)c2cc[c-]c3c4ncccc4c4cccc1c4c23.[Ir].[c-]1ccc(-c2ccccc2)cc1-c1cc(-c2ccccc2)ccn1. The van der Waals surface area contributed by atoms with Gasteiger partial charge in [-0.2, -0.15) is 0 Å². The van der Waals surface area contributed by atoms with Crippen molar-refractivity contribution in [1.82, 2.24) is 9.97 Å². The number of hydrogen-bond donors (Lipinski definition) is 0. The van der Waals surface area contributed by atoms with Gasteiger partial charge in [-0.15, -0.1) is 64.5 Å². The summed E-state index contributed by atoms with van der Waals surface area (Å²) >= 11 is 0. The van der Waals surface area contributed by atoms with Crippen molar-refractivity contribution in [2.75, 3.05) is 0 Å². The molecule has 9 rings (SSSR count). The first-order chi connectivity index (χ1) is 22.1. The number of hydrogen-bond acceptors (Lipinski definition) is 2. The van der Waals surface area contributed by atoms with Crippen LogP contribution in [0.25, 0.3) is 66.0 Å². The Morgan fingerprint density at radius 1 is 0.522 bits per heavy atom. The molecule has 0 bridgehead atoms. The molecule has 2 nitrogen and oxygen atoms in total. The molecule has 0 aliphatic heterocycles. The molecule has 2 heterocycles. The number of rotatable bonds is 3. The largest absolute Gasteiger partial charge is 0.305 e. The predicted octanol–water partition coefficient (Wildman–Crippen LogP) is 10.9. The molecule has 2 aromatic heterocycles. The fourth-order valence-electron chi connectivity index (χ4n) is 6.81. The molecule has 0 spiro atoms. The van der Waals surface area contributed by atoms with Crippen molar-refractivity contribution < 1.29 is 20.1 Å². The molecule has 3 heteroatoms. The van der Waals surface area contributed by atoms with Crippen LogP contribution in [0.1, 0.15) is 25.0 Å². The predicted molar refractivity (Wildman–Crippen MR) is 187 cm³/mol. The Labute approximate surface area is 283 Å². The van der Waals surface area contributed by atoms with Crippen LogP contribution in [0.5, 0.6) is 0 Å². The zero-order chi connectivity index (χ0) is 30.4. The summed E-state index contributed by atoms with van der Waals surface area (Å²) < 4.78 is 0. The Morgan fingerprint density at radius 3 is 1.96 bits per heavy atom. The van der Waals surface area contributed by atoms with Gasteiger partial charge in [0.15, 0.2) is 0 Å². The molecule has 0 saturated heterocycles. The molecule has 1 aliphatic rings. The summed E-state index contributed by atoms with van der Waals surface area (Å²) in [6.07, 6.45) is 3.74. The molecule has 1 aliphatic carbocycles. The fraction of sp³-hybridized carbons (Fsp3) is 0.0698. The van der Waals surface area contributed by atoms with Gasteiger partial charge in [-0.1, -0.05) is 110 Å². The first kappa shape index (κ1) is 29.7. The summed E-state index contributed by atoms with van der Waals surface area (Å²) in [6.45, 7) is 4.63. The van der Waals surface area contributed by atoms with Crippen molar-refractivity contribution in [2.24, 2.45) is 0 Å². The van der Waals surface area contributed by atoms with Gasteiger partial charge in [0.2, 0.25) is 0 Å². The molecule has 46 heavy (non-hydrogen) atoms. The van der Waals surface area contributed by atoms with Crippen molar-refractivity contribution in [3.05, 3.63) is 169 Å². The van der Waals surface area contributed by atoms with Crippen LogP contribution in [0.3, 0.4) is 0 Å². The van der Waals surface area contributed by atoms with Crippen LogP contribution in [0.15, 0.2) is 146 Å². The molecule has 1 radical (unpaired) electrons. The quantitative estimate of drug-likeness (QED) is 0.132. The summed E-state index contributed by atoms with van der Waals surface area (Å²) in [7, 11) is 0. The average Bonchev–Trinajstić information content (AvgIpc) is 3.36. The average molecular weight is 767 g/mol. The number of aromatic nitrogens is 2. The van der Waals surface area contributed by atoms with Gasteiger partial charge >= 0.3 is 0 Å². The van der Waals surface area contributed by atoms with Crippen LogP contribution in [-0.4, -0.2) is 9.97 Å². The van der Waals surface area contributed by atoms with Crippen molar-refractivity contribution >= 4 is 32.4 Å². The maximum absolute atomic E-state index is 4.64. The molecule has 0 N–H and O–H groups in total. The van der Waals surface area contributed by atoms with E-state index in [9.17, 15) is 0 Å². The number of benzene rings is 6. The second kappa shape index (κ2) is 12.1. The van der Waals surface area contributed by atoms with E-state index in [0.29, 0.717) is 0 Å². The van der Waals surface area contributed by atoms with E-state index in [4.69, 9.17) is 0 Å². The second-order valence-corrected chi connectivity index (χ2v) is 12.0. The number of fused-ring (bicyclic) bond motifs is 3. The van der Waals surface area contributed by atoms with Gasteiger partial charge in [0.1, 0.15) is 0 Å². The molecular formula is C43H30IrN2-2. The minimum Gasteiger partial charge on any atom is -0.305 e. The van der Waals surface area contributed by atoms with E-state index in [1.807, 2.05) is 48.8 Å².